The van der Waals surface area contributed by atoms with Crippen LogP contribution in [-0.4, -0.2) is 36.6 Å². The Hall–Kier alpha value is -2.01. The van der Waals surface area contributed by atoms with Crippen LogP contribution < -0.4 is 10.0 Å². The van der Waals surface area contributed by atoms with Crippen LogP contribution in [0.15, 0.2) is 23.1 Å². The quantitative estimate of drug-likeness (QED) is 0.615. The highest BCUT2D eigenvalue weighted by Crippen LogP contribution is 2.35. The van der Waals surface area contributed by atoms with Crippen molar-refractivity contribution >= 4 is 33.2 Å². The molecule has 1 unspecified atom stereocenters. The maximum absolute atomic E-state index is 13.5. The van der Waals surface area contributed by atoms with Crippen LogP contribution in [0.5, 0.6) is 0 Å². The number of aliphatic hydroxyl groups is 1. The van der Waals surface area contributed by atoms with Crippen LogP contribution in [0, 0.1) is 11.6 Å². The van der Waals surface area contributed by atoms with Crippen molar-refractivity contribution in [1.29, 1.82) is 0 Å². The highest BCUT2D eigenvalue weighted by molar-refractivity contribution is 7.89. The van der Waals surface area contributed by atoms with Crippen LogP contribution in [0.3, 0.4) is 0 Å². The molecule has 0 fully saturated rings. The molecule has 1 atom stereocenters. The zero-order valence-corrected chi connectivity index (χ0v) is 17.8. The van der Waals surface area contributed by atoms with Crippen molar-refractivity contribution in [3.05, 3.63) is 46.2 Å². The number of aromatic nitrogens is 1. The number of aliphatic hydroxyl groups excluding tert-OH is 1. The maximum atomic E-state index is 13.5. The summed E-state index contributed by atoms with van der Waals surface area (Å²) in [5, 5.41) is 11.4. The molecule has 1 aromatic carbocycles. The van der Waals surface area contributed by atoms with E-state index >= 15 is 0 Å². The molecule has 1 aliphatic heterocycles. The van der Waals surface area contributed by atoms with E-state index in [9.17, 15) is 27.1 Å². The number of fused-ring (bicyclic) bond motifs is 1. The van der Waals surface area contributed by atoms with Gasteiger partial charge in [0.2, 0.25) is 10.0 Å². The number of hydrogen-bond donors (Lipinski definition) is 3. The second kappa shape index (κ2) is 9.01. The highest BCUT2D eigenvalue weighted by atomic mass is 35.5. The summed E-state index contributed by atoms with van der Waals surface area (Å²) >= 11 is 6.40. The Kier molecular flexibility index (Phi) is 6.81. The van der Waals surface area contributed by atoms with Crippen LogP contribution in [0.2, 0.25) is 5.02 Å². The largest absolute Gasteiger partial charge is 0.395 e. The van der Waals surface area contributed by atoms with Gasteiger partial charge in [-0.2, -0.15) is 0 Å². The minimum Gasteiger partial charge on any atom is -0.395 e. The van der Waals surface area contributed by atoms with Gasteiger partial charge in [0, 0.05) is 30.0 Å². The standard InChI is InChI=1S/C19H22ClF2N3O4S/c1-11(10-26)24-30(28,29)18-15-5-3-2-4-8-25(15)17(16(18)20)19(27)23-12-6-7-13(21)14(22)9-12/h6-7,9,11,24,26H,2-5,8,10H2,1H3,(H,23,27). The molecule has 0 saturated heterocycles. The van der Waals surface area contributed by atoms with Gasteiger partial charge in [0.05, 0.1) is 11.6 Å². The van der Waals surface area contributed by atoms with E-state index in [1.54, 1.807) is 4.57 Å². The van der Waals surface area contributed by atoms with Crippen LogP contribution in [0.1, 0.15) is 42.4 Å². The van der Waals surface area contributed by atoms with Gasteiger partial charge in [0.1, 0.15) is 10.6 Å². The molecule has 164 valence electrons. The second-order valence-electron chi connectivity index (χ2n) is 7.19. The van der Waals surface area contributed by atoms with E-state index in [1.807, 2.05) is 0 Å². The number of rotatable bonds is 6. The lowest BCUT2D eigenvalue weighted by Crippen LogP contribution is -2.35. The average molecular weight is 462 g/mol. The zero-order chi connectivity index (χ0) is 22.1. The lowest BCUT2D eigenvalue weighted by molar-refractivity contribution is 0.101. The number of benzene rings is 1. The number of sulfonamides is 1. The van der Waals surface area contributed by atoms with Gasteiger partial charge in [-0.05, 0) is 38.3 Å². The lowest BCUT2D eigenvalue weighted by atomic mass is 10.2. The highest BCUT2D eigenvalue weighted by Gasteiger charge is 2.34. The smallest absolute Gasteiger partial charge is 0.273 e. The number of nitrogens with zero attached hydrogens (tertiary/aromatic N) is 1. The van der Waals surface area contributed by atoms with Crippen molar-refractivity contribution in [3.8, 4) is 0 Å². The predicted octanol–water partition coefficient (Wildman–Crippen LogP) is 3.06. The van der Waals surface area contributed by atoms with Crippen LogP contribution in [-0.2, 0) is 23.0 Å². The van der Waals surface area contributed by atoms with E-state index in [-0.39, 0.29) is 21.3 Å². The van der Waals surface area contributed by atoms with Gasteiger partial charge in [-0.15, -0.1) is 0 Å². The Morgan fingerprint density at radius 3 is 2.67 bits per heavy atom. The number of carbonyl (C=O) groups excluding carboxylic acids is 1. The molecular formula is C19H22ClF2N3O4S. The predicted molar refractivity (Wildman–Crippen MR) is 108 cm³/mol. The fraction of sp³-hybridized carbons (Fsp3) is 0.421. The summed E-state index contributed by atoms with van der Waals surface area (Å²) in [5.74, 6) is -2.91. The normalized spacial score (nSPS) is 15.4. The van der Waals surface area contributed by atoms with E-state index in [4.69, 9.17) is 11.6 Å². The van der Waals surface area contributed by atoms with Crippen molar-refractivity contribution in [3.63, 3.8) is 0 Å². The molecule has 0 radical (unpaired) electrons. The van der Waals surface area contributed by atoms with Gasteiger partial charge in [0.25, 0.3) is 5.91 Å². The fourth-order valence-corrected chi connectivity index (χ4v) is 5.64. The molecule has 3 rings (SSSR count). The number of anilines is 1. The summed E-state index contributed by atoms with van der Waals surface area (Å²) in [7, 11) is -4.11. The summed E-state index contributed by atoms with van der Waals surface area (Å²) in [6.07, 6.45) is 2.71. The Balaban J connectivity index is 2.07. The first-order valence-corrected chi connectivity index (χ1v) is 11.3. The molecule has 3 N–H and O–H groups in total. The van der Waals surface area contributed by atoms with Crippen molar-refractivity contribution in [1.82, 2.24) is 9.29 Å². The third-order valence-electron chi connectivity index (χ3n) is 4.85. The van der Waals surface area contributed by atoms with Gasteiger partial charge in [-0.1, -0.05) is 18.0 Å². The molecule has 30 heavy (non-hydrogen) atoms. The van der Waals surface area contributed by atoms with Crippen molar-refractivity contribution in [2.75, 3.05) is 11.9 Å². The Morgan fingerprint density at radius 1 is 1.27 bits per heavy atom. The molecule has 0 aliphatic carbocycles. The van der Waals surface area contributed by atoms with E-state index in [1.165, 1.54) is 13.0 Å². The van der Waals surface area contributed by atoms with Crippen LogP contribution in [0.25, 0.3) is 0 Å². The molecule has 0 saturated carbocycles. The Morgan fingerprint density at radius 2 is 2.00 bits per heavy atom. The average Bonchev–Trinajstić information content (AvgIpc) is 2.79. The first-order chi connectivity index (χ1) is 14.2. The lowest BCUT2D eigenvalue weighted by Gasteiger charge is -2.13. The number of amides is 1. The third kappa shape index (κ3) is 4.51. The number of nitrogens with one attached hydrogen (secondary N) is 2. The molecule has 1 aromatic heterocycles. The first kappa shape index (κ1) is 22.7. The van der Waals surface area contributed by atoms with Crippen molar-refractivity contribution < 1.29 is 27.1 Å². The molecule has 1 aliphatic rings. The molecule has 11 heteroatoms. The number of halogens is 3. The van der Waals surface area contributed by atoms with E-state index in [0.29, 0.717) is 18.7 Å². The van der Waals surface area contributed by atoms with E-state index < -0.39 is 40.2 Å². The second-order valence-corrected chi connectivity index (χ2v) is 9.22. The van der Waals surface area contributed by atoms with Crippen LogP contribution in [0.4, 0.5) is 14.5 Å². The Labute approximate surface area is 178 Å². The molecule has 2 heterocycles. The van der Waals surface area contributed by atoms with E-state index in [2.05, 4.69) is 10.0 Å². The van der Waals surface area contributed by atoms with Gasteiger partial charge in [-0.25, -0.2) is 21.9 Å². The minimum absolute atomic E-state index is 0.00979. The summed E-state index contributed by atoms with van der Waals surface area (Å²) in [5.41, 5.74) is 0.358. The molecule has 0 bridgehead atoms. The SMILES string of the molecule is CC(CO)NS(=O)(=O)c1c(Cl)c(C(=O)Nc2ccc(F)c(F)c2)n2c1CCCCC2. The van der Waals surface area contributed by atoms with Gasteiger partial charge < -0.3 is 15.0 Å². The number of carbonyl (C=O) groups is 1. The summed E-state index contributed by atoms with van der Waals surface area (Å²) in [4.78, 5) is 12.8. The molecule has 2 aromatic rings. The topological polar surface area (TPSA) is 100 Å². The number of hydrogen-bond acceptors (Lipinski definition) is 4. The fourth-order valence-electron chi connectivity index (χ4n) is 3.47. The van der Waals surface area contributed by atoms with Gasteiger partial charge >= 0.3 is 0 Å². The maximum Gasteiger partial charge on any atom is 0.273 e. The molecular weight excluding hydrogens is 440 g/mol. The molecule has 1 amide bonds. The minimum atomic E-state index is -4.11. The summed E-state index contributed by atoms with van der Waals surface area (Å²) in [6.45, 7) is 1.48. The molecule has 0 spiro atoms. The van der Waals surface area contributed by atoms with E-state index in [0.717, 1.165) is 31.4 Å². The zero-order valence-electron chi connectivity index (χ0n) is 16.2. The molecule has 7 nitrogen and oxygen atoms in total. The Bertz CT molecular complexity index is 1070. The summed E-state index contributed by atoms with van der Waals surface area (Å²) < 4.78 is 56.4. The van der Waals surface area contributed by atoms with Gasteiger partial charge in [0.15, 0.2) is 11.6 Å². The van der Waals surface area contributed by atoms with Crippen molar-refractivity contribution in [2.24, 2.45) is 0 Å². The summed E-state index contributed by atoms with van der Waals surface area (Å²) in [6, 6.07) is 2.15. The van der Waals surface area contributed by atoms with Crippen LogP contribution >= 0.6 is 11.6 Å². The van der Waals surface area contributed by atoms with Crippen molar-refractivity contribution in [2.45, 2.75) is 50.1 Å². The third-order valence-corrected chi connectivity index (χ3v) is 7.02. The monoisotopic (exact) mass is 461 g/mol. The van der Waals surface area contributed by atoms with Gasteiger partial charge in [-0.3, -0.25) is 4.79 Å². The first-order valence-electron chi connectivity index (χ1n) is 9.46.